The normalized spacial score (nSPS) is 15.7. The molecule has 3 rings (SSSR count). The maximum absolute atomic E-state index is 12.6. The molecule has 0 spiro atoms. The molecule has 6 nitrogen and oxygen atoms in total. The highest BCUT2D eigenvalue weighted by molar-refractivity contribution is 7.98. The van der Waals surface area contributed by atoms with Crippen LogP contribution in [0, 0.1) is 5.92 Å². The number of halogens is 2. The summed E-state index contributed by atoms with van der Waals surface area (Å²) in [5.74, 6) is 1.45. The van der Waals surface area contributed by atoms with Crippen molar-refractivity contribution in [3.8, 4) is 0 Å². The number of likely N-dealkylation sites (tertiary alicyclic amines) is 1. The number of nitrogens with one attached hydrogen (secondary N) is 1. The highest BCUT2D eigenvalue weighted by Crippen LogP contribution is 2.22. The maximum atomic E-state index is 12.6. The Morgan fingerprint density at radius 1 is 1.31 bits per heavy atom. The van der Waals surface area contributed by atoms with Gasteiger partial charge in [0.2, 0.25) is 0 Å². The number of hydrogen-bond donors (Lipinski definition) is 2. The van der Waals surface area contributed by atoms with Crippen molar-refractivity contribution in [1.82, 2.24) is 20.1 Å². The Balaban J connectivity index is 0.00000169. The zero-order chi connectivity index (χ0) is 16.9. The molecule has 0 radical (unpaired) electrons. The third-order valence-electron chi connectivity index (χ3n) is 4.54. The molecule has 1 unspecified atom stereocenters. The van der Waals surface area contributed by atoms with Gasteiger partial charge in [-0.3, -0.25) is 9.89 Å². The predicted molar refractivity (Wildman–Crippen MR) is 109 cm³/mol. The molecule has 1 saturated heterocycles. The summed E-state index contributed by atoms with van der Waals surface area (Å²) < 4.78 is 0. The number of aromatic amines is 1. The molecule has 1 aromatic carbocycles. The second kappa shape index (κ2) is 10.8. The number of thioether (sulfide) groups is 1. The summed E-state index contributed by atoms with van der Waals surface area (Å²) in [6, 6.07) is 8.05. The van der Waals surface area contributed by atoms with Gasteiger partial charge in [0.25, 0.3) is 5.91 Å². The van der Waals surface area contributed by atoms with E-state index in [1.54, 1.807) is 11.8 Å². The molecule has 1 atom stereocenters. The summed E-state index contributed by atoms with van der Waals surface area (Å²) in [6.45, 7) is 3.65. The summed E-state index contributed by atoms with van der Waals surface area (Å²) in [5.41, 5.74) is 7.87. The zero-order valence-electron chi connectivity index (χ0n) is 14.6. The van der Waals surface area contributed by atoms with Gasteiger partial charge in [0.05, 0.1) is 0 Å². The van der Waals surface area contributed by atoms with Crippen LogP contribution >= 0.6 is 36.6 Å². The van der Waals surface area contributed by atoms with Crippen LogP contribution in [0.1, 0.15) is 35.7 Å². The van der Waals surface area contributed by atoms with E-state index in [1.807, 2.05) is 29.2 Å². The SMILES string of the molecule is CC(N)C1CCN(C(=O)c2ccc(CSc3ncn[nH]3)cc2)CC1.Cl.Cl. The number of aromatic nitrogens is 3. The summed E-state index contributed by atoms with van der Waals surface area (Å²) in [4.78, 5) is 18.6. The fraction of sp³-hybridized carbons (Fsp3) is 0.471. The molecule has 3 N–H and O–H groups in total. The number of rotatable bonds is 5. The Morgan fingerprint density at radius 3 is 2.50 bits per heavy atom. The first-order chi connectivity index (χ1) is 11.6. The molecule has 1 aliphatic rings. The van der Waals surface area contributed by atoms with Gasteiger partial charge >= 0.3 is 0 Å². The van der Waals surface area contributed by atoms with Crippen molar-refractivity contribution < 1.29 is 4.79 Å². The van der Waals surface area contributed by atoms with Crippen LogP contribution in [-0.2, 0) is 5.75 Å². The molecule has 1 aliphatic heterocycles. The van der Waals surface area contributed by atoms with Gasteiger partial charge in [-0.2, -0.15) is 5.10 Å². The van der Waals surface area contributed by atoms with Crippen molar-refractivity contribution in [3.63, 3.8) is 0 Å². The second-order valence-electron chi connectivity index (χ2n) is 6.26. The van der Waals surface area contributed by atoms with Gasteiger partial charge in [-0.1, -0.05) is 23.9 Å². The quantitative estimate of drug-likeness (QED) is 0.729. The monoisotopic (exact) mass is 417 g/mol. The highest BCUT2D eigenvalue weighted by Gasteiger charge is 2.25. The lowest BCUT2D eigenvalue weighted by molar-refractivity contribution is 0.0681. The number of carbonyl (C=O) groups excluding carboxylic acids is 1. The Labute approximate surface area is 170 Å². The number of benzene rings is 1. The van der Waals surface area contributed by atoms with Crippen molar-refractivity contribution in [2.75, 3.05) is 13.1 Å². The molecule has 1 aromatic heterocycles. The third kappa shape index (κ3) is 5.87. The molecule has 1 fully saturated rings. The van der Waals surface area contributed by atoms with Gasteiger partial charge in [0.15, 0.2) is 5.16 Å². The Hall–Kier alpha value is -1.28. The fourth-order valence-electron chi connectivity index (χ4n) is 2.97. The first kappa shape index (κ1) is 22.8. The van der Waals surface area contributed by atoms with Gasteiger partial charge in [-0.25, -0.2) is 4.98 Å². The molecule has 2 aromatic rings. The topological polar surface area (TPSA) is 87.9 Å². The molecule has 1 amide bonds. The van der Waals surface area contributed by atoms with Crippen LogP contribution in [-0.4, -0.2) is 45.1 Å². The van der Waals surface area contributed by atoms with Gasteiger partial charge < -0.3 is 10.6 Å². The predicted octanol–water partition coefficient (Wildman–Crippen LogP) is 3.14. The van der Waals surface area contributed by atoms with E-state index in [9.17, 15) is 4.79 Å². The number of piperidine rings is 1. The van der Waals surface area contributed by atoms with Gasteiger partial charge in [0, 0.05) is 30.4 Å². The molecule has 144 valence electrons. The van der Waals surface area contributed by atoms with Crippen LogP contribution in [0.2, 0.25) is 0 Å². The van der Waals surface area contributed by atoms with Crippen LogP contribution in [0.5, 0.6) is 0 Å². The van der Waals surface area contributed by atoms with E-state index in [2.05, 4.69) is 22.1 Å². The van der Waals surface area contributed by atoms with Crippen molar-refractivity contribution >= 4 is 42.5 Å². The second-order valence-corrected chi connectivity index (χ2v) is 7.23. The zero-order valence-corrected chi connectivity index (χ0v) is 17.1. The molecule has 0 aliphatic carbocycles. The third-order valence-corrected chi connectivity index (χ3v) is 5.49. The highest BCUT2D eigenvalue weighted by atomic mass is 35.5. The van der Waals surface area contributed by atoms with Crippen LogP contribution in [0.15, 0.2) is 35.7 Å². The minimum atomic E-state index is 0. The van der Waals surface area contributed by atoms with E-state index in [0.717, 1.165) is 48.0 Å². The minimum absolute atomic E-state index is 0. The number of nitrogens with two attached hydrogens (primary N) is 1. The van der Waals surface area contributed by atoms with Crippen molar-refractivity contribution in [2.24, 2.45) is 11.7 Å². The molecule has 0 saturated carbocycles. The van der Waals surface area contributed by atoms with E-state index in [4.69, 9.17) is 5.73 Å². The molecule has 2 heterocycles. The van der Waals surface area contributed by atoms with Crippen LogP contribution in [0.3, 0.4) is 0 Å². The molecular formula is C17H25Cl2N5OS. The first-order valence-corrected chi connectivity index (χ1v) is 9.24. The summed E-state index contributed by atoms with van der Waals surface area (Å²) in [5, 5.41) is 7.45. The lowest BCUT2D eigenvalue weighted by Crippen LogP contribution is -2.42. The average Bonchev–Trinajstić information content (AvgIpc) is 3.13. The number of amides is 1. The van der Waals surface area contributed by atoms with Crippen LogP contribution < -0.4 is 5.73 Å². The summed E-state index contributed by atoms with van der Waals surface area (Å²) >= 11 is 1.59. The molecular weight excluding hydrogens is 393 g/mol. The van der Waals surface area contributed by atoms with Gasteiger partial charge in [0.1, 0.15) is 6.33 Å². The Bertz CT molecular complexity index is 658. The number of nitrogens with zero attached hydrogens (tertiary/aromatic N) is 3. The summed E-state index contributed by atoms with van der Waals surface area (Å²) in [6.07, 6.45) is 3.49. The largest absolute Gasteiger partial charge is 0.339 e. The summed E-state index contributed by atoms with van der Waals surface area (Å²) in [7, 11) is 0. The van der Waals surface area contributed by atoms with Gasteiger partial charge in [-0.15, -0.1) is 24.8 Å². The van der Waals surface area contributed by atoms with E-state index in [-0.39, 0.29) is 36.8 Å². The average molecular weight is 418 g/mol. The van der Waals surface area contributed by atoms with Crippen LogP contribution in [0.4, 0.5) is 0 Å². The van der Waals surface area contributed by atoms with Crippen LogP contribution in [0.25, 0.3) is 0 Å². The lowest BCUT2D eigenvalue weighted by Gasteiger charge is -2.33. The molecule has 0 bridgehead atoms. The van der Waals surface area contributed by atoms with E-state index >= 15 is 0 Å². The van der Waals surface area contributed by atoms with Gasteiger partial charge in [-0.05, 0) is 43.4 Å². The fourth-order valence-corrected chi connectivity index (χ4v) is 3.70. The molecule has 26 heavy (non-hydrogen) atoms. The van der Waals surface area contributed by atoms with Crippen molar-refractivity contribution in [1.29, 1.82) is 0 Å². The maximum Gasteiger partial charge on any atom is 0.253 e. The number of H-pyrrole nitrogens is 1. The van der Waals surface area contributed by atoms with Crippen molar-refractivity contribution in [3.05, 3.63) is 41.7 Å². The van der Waals surface area contributed by atoms with E-state index < -0.39 is 0 Å². The number of carbonyl (C=O) groups is 1. The number of hydrogen-bond acceptors (Lipinski definition) is 5. The van der Waals surface area contributed by atoms with Crippen molar-refractivity contribution in [2.45, 2.75) is 36.7 Å². The standard InChI is InChI=1S/C17H23N5OS.2ClH/c1-12(18)14-6-8-22(9-7-14)16(23)15-4-2-13(3-5-15)10-24-17-19-11-20-21-17;;/h2-5,11-12,14H,6-10,18H2,1H3,(H,19,20,21);2*1H. The minimum Gasteiger partial charge on any atom is -0.339 e. The Morgan fingerprint density at radius 2 is 1.96 bits per heavy atom. The Kier molecular flexibility index (Phi) is 9.43. The molecule has 9 heteroatoms. The first-order valence-electron chi connectivity index (χ1n) is 8.25. The van der Waals surface area contributed by atoms with E-state index in [0.29, 0.717) is 5.92 Å². The van der Waals surface area contributed by atoms with E-state index in [1.165, 1.54) is 6.33 Å². The smallest absolute Gasteiger partial charge is 0.253 e. The lowest BCUT2D eigenvalue weighted by atomic mass is 9.90.